The lowest BCUT2D eigenvalue weighted by Crippen LogP contribution is -2.24. The minimum Gasteiger partial charge on any atom is -0.452 e. The molecule has 0 radical (unpaired) electrons. The molecule has 0 aliphatic carbocycles. The van der Waals surface area contributed by atoms with Gasteiger partial charge in [-0.15, -0.1) is 0 Å². The van der Waals surface area contributed by atoms with Gasteiger partial charge in [-0.25, -0.2) is 17.5 Å². The normalized spacial score (nSPS) is 11.2. The molecule has 0 fully saturated rings. The van der Waals surface area contributed by atoms with Crippen LogP contribution < -0.4 is 5.32 Å². The van der Waals surface area contributed by atoms with E-state index in [1.165, 1.54) is 57.4 Å². The Morgan fingerprint density at radius 3 is 2.50 bits per heavy atom. The van der Waals surface area contributed by atoms with Crippen molar-refractivity contribution in [2.75, 3.05) is 26.0 Å². The molecular weight excluding hydrogens is 438 g/mol. The summed E-state index contributed by atoms with van der Waals surface area (Å²) in [4.78, 5) is 34.5. The summed E-state index contributed by atoms with van der Waals surface area (Å²) in [7, 11) is -1.18. The van der Waals surface area contributed by atoms with Gasteiger partial charge in [0, 0.05) is 25.3 Å². The third-order valence-electron chi connectivity index (χ3n) is 3.95. The van der Waals surface area contributed by atoms with E-state index in [-0.39, 0.29) is 26.7 Å². The lowest BCUT2D eigenvalue weighted by molar-refractivity contribution is -0.385. The number of rotatable bonds is 7. The van der Waals surface area contributed by atoms with Gasteiger partial charge in [-0.3, -0.25) is 14.9 Å². The van der Waals surface area contributed by atoms with Crippen LogP contribution in [-0.4, -0.2) is 50.2 Å². The summed E-state index contributed by atoms with van der Waals surface area (Å²) < 4.78 is 30.4. The number of para-hydroxylation sites is 1. The fourth-order valence-corrected chi connectivity index (χ4v) is 3.84. The number of carbonyl (C=O) groups is 2. The molecule has 12 heteroatoms. The first-order valence-corrected chi connectivity index (χ1v) is 10.2. The van der Waals surface area contributed by atoms with Crippen LogP contribution in [0, 0.1) is 17.0 Å². The number of anilines is 1. The second kappa shape index (κ2) is 9.20. The molecule has 2 aromatic carbocycles. The van der Waals surface area contributed by atoms with Crippen LogP contribution in [0.15, 0.2) is 41.3 Å². The molecule has 30 heavy (non-hydrogen) atoms. The van der Waals surface area contributed by atoms with Gasteiger partial charge < -0.3 is 10.1 Å². The number of nitro benzene ring substituents is 1. The van der Waals surface area contributed by atoms with E-state index in [2.05, 4.69) is 5.32 Å². The van der Waals surface area contributed by atoms with Crippen molar-refractivity contribution in [1.29, 1.82) is 0 Å². The number of ether oxygens (including phenoxy) is 1. The average molecular weight is 456 g/mol. The fraction of sp³-hybridized carbons (Fsp3) is 0.222. The van der Waals surface area contributed by atoms with Gasteiger partial charge in [-0.1, -0.05) is 23.7 Å². The van der Waals surface area contributed by atoms with Crippen molar-refractivity contribution in [3.63, 3.8) is 0 Å². The van der Waals surface area contributed by atoms with Crippen LogP contribution in [0.4, 0.5) is 11.4 Å². The van der Waals surface area contributed by atoms with E-state index >= 15 is 0 Å². The number of benzene rings is 2. The molecule has 0 saturated heterocycles. The van der Waals surface area contributed by atoms with Crippen molar-refractivity contribution in [2.45, 2.75) is 11.8 Å². The third kappa shape index (κ3) is 5.12. The number of nitrogens with one attached hydrogen (secondary N) is 1. The Hall–Kier alpha value is -3.02. The summed E-state index contributed by atoms with van der Waals surface area (Å²) in [6, 6.07) is 8.00. The number of esters is 1. The molecule has 0 saturated carbocycles. The van der Waals surface area contributed by atoms with Gasteiger partial charge >= 0.3 is 5.97 Å². The average Bonchev–Trinajstić information content (AvgIpc) is 2.66. The molecular formula is C18H18ClN3O7S. The van der Waals surface area contributed by atoms with Crippen LogP contribution in [0.3, 0.4) is 0 Å². The first-order chi connectivity index (χ1) is 13.9. The SMILES string of the molecule is Cc1cccc(C(=O)OCC(=O)Nc2ccc(Cl)c(S(=O)(=O)N(C)C)c2)c1[N+](=O)[O-]. The highest BCUT2D eigenvalue weighted by atomic mass is 35.5. The summed E-state index contributed by atoms with van der Waals surface area (Å²) in [6.07, 6.45) is 0. The quantitative estimate of drug-likeness (QED) is 0.385. The molecule has 1 N–H and O–H groups in total. The molecule has 0 aliphatic heterocycles. The van der Waals surface area contributed by atoms with E-state index in [4.69, 9.17) is 16.3 Å². The van der Waals surface area contributed by atoms with E-state index in [1.807, 2.05) is 0 Å². The zero-order valence-electron chi connectivity index (χ0n) is 16.2. The van der Waals surface area contributed by atoms with E-state index in [0.717, 1.165) is 4.31 Å². The molecule has 0 unspecified atom stereocenters. The van der Waals surface area contributed by atoms with E-state index < -0.39 is 39.1 Å². The van der Waals surface area contributed by atoms with E-state index in [1.54, 1.807) is 0 Å². The zero-order chi connectivity index (χ0) is 22.6. The molecule has 0 bridgehead atoms. The Kier molecular flexibility index (Phi) is 7.13. The first-order valence-electron chi connectivity index (χ1n) is 8.38. The van der Waals surface area contributed by atoms with Gasteiger partial charge in [-0.2, -0.15) is 0 Å². The molecule has 160 valence electrons. The Morgan fingerprint density at radius 2 is 1.90 bits per heavy atom. The number of sulfonamides is 1. The standard InChI is InChI=1S/C18H18ClN3O7S/c1-11-5-4-6-13(17(11)22(25)26)18(24)29-10-16(23)20-12-7-8-14(19)15(9-12)30(27,28)21(2)3/h4-9H,10H2,1-3H3,(H,20,23). The summed E-state index contributed by atoms with van der Waals surface area (Å²) in [5, 5.41) is 13.5. The highest BCUT2D eigenvalue weighted by molar-refractivity contribution is 7.89. The Balaban J connectivity index is 2.12. The monoisotopic (exact) mass is 455 g/mol. The molecule has 0 heterocycles. The summed E-state index contributed by atoms with van der Waals surface area (Å²) in [6.45, 7) is 0.740. The van der Waals surface area contributed by atoms with Crippen molar-refractivity contribution >= 4 is 44.9 Å². The molecule has 2 aromatic rings. The van der Waals surface area contributed by atoms with Gasteiger partial charge in [0.15, 0.2) is 6.61 Å². The van der Waals surface area contributed by atoms with Crippen molar-refractivity contribution in [1.82, 2.24) is 4.31 Å². The van der Waals surface area contributed by atoms with Crippen LogP contribution in [0.25, 0.3) is 0 Å². The van der Waals surface area contributed by atoms with Gasteiger partial charge in [0.1, 0.15) is 10.5 Å². The molecule has 2 rings (SSSR count). The van der Waals surface area contributed by atoms with Gasteiger partial charge in [0.2, 0.25) is 10.0 Å². The molecule has 1 amide bonds. The van der Waals surface area contributed by atoms with Gasteiger partial charge in [0.05, 0.1) is 9.95 Å². The third-order valence-corrected chi connectivity index (χ3v) is 6.24. The van der Waals surface area contributed by atoms with Crippen LogP contribution in [-0.2, 0) is 19.6 Å². The minimum atomic E-state index is -3.84. The number of carbonyl (C=O) groups excluding carboxylic acids is 2. The van der Waals surface area contributed by atoms with Crippen molar-refractivity contribution in [3.8, 4) is 0 Å². The van der Waals surface area contributed by atoms with Crippen molar-refractivity contribution < 1.29 is 27.7 Å². The number of nitrogens with zero attached hydrogens (tertiary/aromatic N) is 2. The Bertz CT molecular complexity index is 1120. The number of hydrogen-bond donors (Lipinski definition) is 1. The summed E-state index contributed by atoms with van der Waals surface area (Å²) >= 11 is 5.94. The summed E-state index contributed by atoms with van der Waals surface area (Å²) in [5.41, 5.74) is -0.296. The van der Waals surface area contributed by atoms with E-state index in [9.17, 15) is 28.1 Å². The summed E-state index contributed by atoms with van der Waals surface area (Å²) in [5.74, 6) is -1.80. The number of amides is 1. The van der Waals surface area contributed by atoms with Crippen molar-refractivity contribution in [2.24, 2.45) is 0 Å². The number of hydrogen-bond acceptors (Lipinski definition) is 7. The van der Waals surface area contributed by atoms with E-state index in [0.29, 0.717) is 0 Å². The number of aryl methyl sites for hydroxylation is 1. The predicted molar refractivity (Wildman–Crippen MR) is 109 cm³/mol. The van der Waals surface area contributed by atoms with Gasteiger partial charge in [0.25, 0.3) is 11.6 Å². The molecule has 0 aliphatic rings. The first kappa shape index (κ1) is 23.3. The highest BCUT2D eigenvalue weighted by Gasteiger charge is 2.25. The Labute approximate surface area is 177 Å². The van der Waals surface area contributed by atoms with Gasteiger partial charge in [-0.05, 0) is 31.2 Å². The Morgan fingerprint density at radius 1 is 1.23 bits per heavy atom. The lowest BCUT2D eigenvalue weighted by Gasteiger charge is -2.14. The molecule has 0 spiro atoms. The van der Waals surface area contributed by atoms with Crippen molar-refractivity contribution in [3.05, 3.63) is 62.7 Å². The number of halogens is 1. The molecule has 10 nitrogen and oxygen atoms in total. The smallest absolute Gasteiger partial charge is 0.345 e. The minimum absolute atomic E-state index is 0.0279. The second-order valence-corrected chi connectivity index (χ2v) is 8.81. The fourth-order valence-electron chi connectivity index (χ4n) is 2.45. The predicted octanol–water partition coefficient (Wildman–Crippen LogP) is 2.60. The molecule has 0 atom stereocenters. The largest absolute Gasteiger partial charge is 0.452 e. The maximum atomic E-state index is 12.3. The van der Waals surface area contributed by atoms with Crippen LogP contribution in [0.2, 0.25) is 5.02 Å². The zero-order valence-corrected chi connectivity index (χ0v) is 17.8. The number of nitro groups is 1. The lowest BCUT2D eigenvalue weighted by atomic mass is 10.1. The topological polar surface area (TPSA) is 136 Å². The van der Waals surface area contributed by atoms with Crippen LogP contribution in [0.1, 0.15) is 15.9 Å². The second-order valence-electron chi connectivity index (χ2n) is 6.29. The van der Waals surface area contributed by atoms with Crippen LogP contribution >= 0.6 is 11.6 Å². The maximum Gasteiger partial charge on any atom is 0.345 e. The van der Waals surface area contributed by atoms with Crippen LogP contribution in [0.5, 0.6) is 0 Å². The highest BCUT2D eigenvalue weighted by Crippen LogP contribution is 2.27. The maximum absolute atomic E-state index is 12.3. The molecule has 0 aromatic heterocycles.